The Morgan fingerprint density at radius 3 is 1.15 bits per heavy atom. The molecule has 2 heterocycles. The summed E-state index contributed by atoms with van der Waals surface area (Å²) in [7, 11) is 0. The van der Waals surface area contributed by atoms with Crippen LogP contribution < -0.4 is 0 Å². The van der Waals surface area contributed by atoms with Crippen molar-refractivity contribution >= 4 is 43.6 Å². The van der Waals surface area contributed by atoms with Gasteiger partial charge in [0.2, 0.25) is 0 Å². The molecule has 4 aliphatic carbocycles. The summed E-state index contributed by atoms with van der Waals surface area (Å²) >= 11 is 0. The minimum absolute atomic E-state index is 0.0712. The molecule has 2 nitrogen and oxygen atoms in total. The third kappa shape index (κ3) is 12.6. The lowest BCUT2D eigenvalue weighted by molar-refractivity contribution is 0.768. The number of fused-ring (bicyclic) bond motifs is 20. The van der Waals surface area contributed by atoms with E-state index >= 15 is 0 Å². The van der Waals surface area contributed by atoms with Gasteiger partial charge in [-0.3, -0.25) is 0 Å². The van der Waals surface area contributed by atoms with Crippen molar-refractivity contribution < 1.29 is 0 Å². The predicted molar refractivity (Wildman–Crippen MR) is 574 cm³/mol. The lowest BCUT2D eigenvalue weighted by Gasteiger charge is -2.34. The fourth-order valence-corrected chi connectivity index (χ4v) is 24.4. The number of hydrogen-bond acceptors (Lipinski definition) is 0. The Morgan fingerprint density at radius 1 is 0.167 bits per heavy atom. The molecule has 24 aromatic rings. The normalized spacial score (nSPS) is 14.1. The van der Waals surface area contributed by atoms with Crippen LogP contribution >= 0.6 is 0 Å². The zero-order valence-corrected chi connectivity index (χ0v) is 75.9. The molecule has 0 aliphatic heterocycles. The number of hydrogen-bond donors (Lipinski definition) is 0. The van der Waals surface area contributed by atoms with Crippen molar-refractivity contribution in [2.24, 2.45) is 0 Å². The van der Waals surface area contributed by atoms with Crippen LogP contribution in [0.15, 0.2) is 534 Å². The monoisotopic (exact) mass is 1750 g/mol. The van der Waals surface area contributed by atoms with Crippen molar-refractivity contribution in [1.29, 1.82) is 0 Å². The van der Waals surface area contributed by atoms with E-state index in [1.165, 1.54) is 233 Å². The van der Waals surface area contributed by atoms with Gasteiger partial charge in [-0.25, -0.2) is 0 Å². The van der Waals surface area contributed by atoms with E-state index < -0.39 is 10.8 Å². The van der Waals surface area contributed by atoms with Crippen LogP contribution in [0.25, 0.3) is 166 Å². The largest absolute Gasteiger partial charge is 0.309 e. The van der Waals surface area contributed by atoms with Gasteiger partial charge in [0.1, 0.15) is 0 Å². The maximum atomic E-state index is 2.50. The predicted octanol–water partition coefficient (Wildman–Crippen LogP) is 34.6. The summed E-state index contributed by atoms with van der Waals surface area (Å²) in [5.74, 6) is 0.220. The molecule has 0 N–H and O–H groups in total. The van der Waals surface area contributed by atoms with Gasteiger partial charge in [0.05, 0.1) is 32.9 Å². The molecule has 4 aliphatic rings. The highest BCUT2D eigenvalue weighted by Crippen LogP contribution is 2.65. The van der Waals surface area contributed by atoms with Crippen LogP contribution in [0, 0.1) is 0 Å². The third-order valence-electron chi connectivity index (χ3n) is 30.3. The summed E-state index contributed by atoms with van der Waals surface area (Å²) in [4.78, 5) is 0. The van der Waals surface area contributed by atoms with E-state index in [1.807, 2.05) is 0 Å². The minimum atomic E-state index is -0.565. The van der Waals surface area contributed by atoms with E-state index in [0.29, 0.717) is 0 Å². The van der Waals surface area contributed by atoms with Crippen LogP contribution in [-0.2, 0) is 10.8 Å². The van der Waals surface area contributed by atoms with E-state index in [4.69, 9.17) is 0 Å². The van der Waals surface area contributed by atoms with Gasteiger partial charge in [0.25, 0.3) is 0 Å². The van der Waals surface area contributed by atoms with Crippen LogP contribution in [0.5, 0.6) is 0 Å². The standard InChI is InChI=1S/2C68H45N/c1-5-18-45(19-6-1)47-32-34-48(35-33-47)65-56-38-36-50(51-37-41-64-59(43-51)55-28-14-16-31-63(55)69(64)54-27-17-22-49(42-54)46-20-7-2-8-21-46)44-60(56)66-58(65)39-40-62-67(66)57-29-13-15-30-61(57)68(62,52-23-9-3-10-24-52)53-25-11-4-12-26-53;1-5-18-45(19-6-1)47-32-36-54(37-33-47)69-63-40-35-50(49-34-38-58-60(43-49)55-28-13-14-30-57(55)65(58)51-23-17-22-48(42-51)46-20-7-2-8-21-46)44-61(63)66-64(69)41-39-59-56-29-15-16-31-62(56)68(67(59)66,52-24-9-3-10-25-52)53-26-11-4-12-27-53/h2*1-44,65H. The SMILES string of the molecule is c1ccc(-c2ccc(-n3c4ccc(-c5ccc6c(c5)-c5ccccc5C6c5cccc(-c6ccccc6)c5)cc4c4c5c(ccc43)-c3ccccc3C5(c3ccccc3)c3ccccc3)cc2)cc1.c1ccc(-c2ccc(C3c4ccc(-c5ccc6c(c5)c5ccccc5n6-c5cccc(-c6ccccc6)c5)cc4-c4c3ccc3c4-c4ccccc4C3(c3ccccc3)c3ccccc3)cc2)cc1. The quantitative estimate of drug-likeness (QED) is 0.103. The second-order valence-corrected chi connectivity index (χ2v) is 37.4. The van der Waals surface area contributed by atoms with Gasteiger partial charge in [-0.15, -0.1) is 0 Å². The molecule has 0 amide bonds. The molecular formula is C136H90N2. The molecule has 644 valence electrons. The first-order chi connectivity index (χ1) is 68.5. The Bertz CT molecular complexity index is 8800. The summed E-state index contributed by atoms with van der Waals surface area (Å²) in [6.45, 7) is 0. The number of aromatic nitrogens is 2. The van der Waals surface area contributed by atoms with Gasteiger partial charge in [0.15, 0.2) is 0 Å². The maximum Gasteiger partial charge on any atom is 0.0720 e. The number of rotatable bonds is 14. The van der Waals surface area contributed by atoms with E-state index in [0.717, 1.165) is 11.4 Å². The van der Waals surface area contributed by atoms with Gasteiger partial charge in [-0.2, -0.15) is 0 Å². The van der Waals surface area contributed by atoms with Gasteiger partial charge >= 0.3 is 0 Å². The Hall–Kier alpha value is -17.6. The molecule has 0 saturated heterocycles. The van der Waals surface area contributed by atoms with Crippen molar-refractivity contribution in [1.82, 2.24) is 9.13 Å². The Labute approximate surface area is 804 Å². The average molecular weight is 1750 g/mol. The summed E-state index contributed by atoms with van der Waals surface area (Å²) in [6.07, 6.45) is 0. The van der Waals surface area contributed by atoms with E-state index in [9.17, 15) is 0 Å². The smallest absolute Gasteiger partial charge is 0.0720 e. The van der Waals surface area contributed by atoms with Gasteiger partial charge in [-0.05, 0) is 262 Å². The van der Waals surface area contributed by atoms with Crippen LogP contribution in [0.1, 0.15) is 89.7 Å². The summed E-state index contributed by atoms with van der Waals surface area (Å²) in [5.41, 5.74) is 49.6. The molecule has 28 rings (SSSR count). The van der Waals surface area contributed by atoms with Gasteiger partial charge < -0.3 is 9.13 Å². The average Bonchev–Trinajstić information content (AvgIpc) is 1.52. The molecule has 0 bridgehead atoms. The molecule has 22 aromatic carbocycles. The molecule has 0 fully saturated rings. The second-order valence-electron chi connectivity index (χ2n) is 37.4. The summed E-state index contributed by atoms with van der Waals surface area (Å²) < 4.78 is 4.93. The van der Waals surface area contributed by atoms with Crippen molar-refractivity contribution in [2.45, 2.75) is 22.7 Å². The molecule has 2 unspecified atom stereocenters. The summed E-state index contributed by atoms with van der Waals surface area (Å²) in [5, 5.41) is 5.02. The first-order valence-corrected chi connectivity index (χ1v) is 48.2. The zero-order valence-electron chi connectivity index (χ0n) is 75.9. The highest BCUT2D eigenvalue weighted by molar-refractivity contribution is 6.17. The van der Waals surface area contributed by atoms with E-state index in [-0.39, 0.29) is 11.8 Å². The number of nitrogens with zero attached hydrogens (tertiary/aromatic N) is 2. The molecule has 0 saturated carbocycles. The van der Waals surface area contributed by atoms with Crippen molar-refractivity contribution in [2.75, 3.05) is 0 Å². The van der Waals surface area contributed by atoms with Crippen LogP contribution in [0.2, 0.25) is 0 Å². The maximum absolute atomic E-state index is 2.50. The Morgan fingerprint density at radius 2 is 0.551 bits per heavy atom. The van der Waals surface area contributed by atoms with Crippen molar-refractivity contribution in [3.63, 3.8) is 0 Å². The first-order valence-electron chi connectivity index (χ1n) is 48.2. The molecule has 0 radical (unpaired) electrons. The van der Waals surface area contributed by atoms with Crippen LogP contribution in [0.4, 0.5) is 0 Å². The molecule has 0 spiro atoms. The number of para-hydroxylation sites is 1. The van der Waals surface area contributed by atoms with E-state index in [2.05, 4.69) is 543 Å². The topological polar surface area (TPSA) is 9.86 Å². The van der Waals surface area contributed by atoms with Crippen molar-refractivity contribution in [3.8, 4) is 123 Å². The van der Waals surface area contributed by atoms with Crippen molar-refractivity contribution in [3.05, 3.63) is 612 Å². The van der Waals surface area contributed by atoms with E-state index in [1.54, 1.807) is 0 Å². The lowest BCUT2D eigenvalue weighted by Crippen LogP contribution is -2.28. The molecular weight excluding hydrogens is 1660 g/mol. The third-order valence-corrected chi connectivity index (χ3v) is 30.3. The van der Waals surface area contributed by atoms with Gasteiger partial charge in [0, 0.05) is 44.8 Å². The van der Waals surface area contributed by atoms with Crippen LogP contribution in [-0.4, -0.2) is 9.13 Å². The fraction of sp³-hybridized carbons (Fsp3) is 0.0294. The Kier molecular flexibility index (Phi) is 19.0. The Balaban J connectivity index is 0.000000139. The zero-order chi connectivity index (χ0) is 90.9. The first kappa shape index (κ1) is 80.1. The van der Waals surface area contributed by atoms with Gasteiger partial charge in [-0.1, -0.05) is 461 Å². The molecule has 2 atom stereocenters. The van der Waals surface area contributed by atoms with Crippen LogP contribution in [0.3, 0.4) is 0 Å². The lowest BCUT2D eigenvalue weighted by atomic mass is 9.67. The molecule has 2 aromatic heterocycles. The number of benzene rings is 22. The minimum Gasteiger partial charge on any atom is -0.309 e. The molecule has 2 heteroatoms. The highest BCUT2D eigenvalue weighted by atomic mass is 15.0. The highest BCUT2D eigenvalue weighted by Gasteiger charge is 2.51. The summed E-state index contributed by atoms with van der Waals surface area (Å²) in [6, 6.07) is 199. The fourth-order valence-electron chi connectivity index (χ4n) is 24.4. The molecule has 138 heavy (non-hydrogen) atoms. The second kappa shape index (κ2) is 32.7.